The number of aromatic amines is 1. The van der Waals surface area contributed by atoms with Crippen LogP contribution >= 0.6 is 0 Å². The van der Waals surface area contributed by atoms with Gasteiger partial charge in [0.15, 0.2) is 5.82 Å². The van der Waals surface area contributed by atoms with Gasteiger partial charge in [0.25, 0.3) is 12.3 Å². The number of sulfonamides is 1. The molecule has 0 bridgehead atoms. The summed E-state index contributed by atoms with van der Waals surface area (Å²) in [6, 6.07) is 9.43. The lowest BCUT2D eigenvalue weighted by molar-refractivity contribution is 0.100. The van der Waals surface area contributed by atoms with Crippen LogP contribution in [0, 0.1) is 5.82 Å². The first kappa shape index (κ1) is 26.4. The van der Waals surface area contributed by atoms with Crippen LogP contribution in [0.1, 0.15) is 15.9 Å². The number of rotatable bonds is 11. The van der Waals surface area contributed by atoms with Crippen molar-refractivity contribution in [3.05, 3.63) is 78.0 Å². The number of halogens is 3. The Kier molecular flexibility index (Phi) is 7.76. The summed E-state index contributed by atoms with van der Waals surface area (Å²) in [4.78, 5) is 20.3. The second-order valence-electron chi connectivity index (χ2n) is 7.80. The maximum Gasteiger partial charge on any atom is 0.254 e. The summed E-state index contributed by atoms with van der Waals surface area (Å²) in [7, 11) is -4.42. The summed E-state index contributed by atoms with van der Waals surface area (Å²) in [5.41, 5.74) is 6.45. The molecule has 4 rings (SSSR count). The van der Waals surface area contributed by atoms with Crippen molar-refractivity contribution in [2.75, 3.05) is 15.8 Å². The smallest absolute Gasteiger partial charge is 0.254 e. The molecule has 1 amide bonds. The molecule has 4 aromatic rings. The average Bonchev–Trinajstić information content (AvgIpc) is 3.28. The maximum atomic E-state index is 13.2. The van der Waals surface area contributed by atoms with Crippen molar-refractivity contribution in [3.8, 4) is 17.0 Å². The molecule has 0 fully saturated rings. The molecule has 38 heavy (non-hydrogen) atoms. The van der Waals surface area contributed by atoms with Crippen LogP contribution < -0.4 is 20.5 Å². The Labute approximate surface area is 214 Å². The molecule has 0 radical (unpaired) electrons. The van der Waals surface area contributed by atoms with Crippen LogP contribution in [0.4, 0.5) is 30.5 Å². The molecule has 0 aliphatic carbocycles. The van der Waals surface area contributed by atoms with E-state index in [4.69, 9.17) is 10.5 Å². The van der Waals surface area contributed by atoms with Gasteiger partial charge in [0.2, 0.25) is 10.0 Å². The molecule has 198 valence electrons. The highest BCUT2D eigenvalue weighted by Crippen LogP contribution is 2.35. The summed E-state index contributed by atoms with van der Waals surface area (Å²) >= 11 is 0. The normalized spacial score (nSPS) is 11.4. The molecule has 0 saturated heterocycles. The number of aromatic nitrogens is 4. The molecule has 11 nitrogen and oxygen atoms in total. The Morgan fingerprint density at radius 2 is 1.89 bits per heavy atom. The molecule has 2 aromatic carbocycles. The van der Waals surface area contributed by atoms with Crippen molar-refractivity contribution in [1.82, 2.24) is 20.2 Å². The first-order chi connectivity index (χ1) is 18.1. The first-order valence-electron chi connectivity index (χ1n) is 10.8. The third-order valence-electron chi connectivity index (χ3n) is 5.01. The zero-order chi connectivity index (χ0) is 27.3. The third kappa shape index (κ3) is 6.56. The van der Waals surface area contributed by atoms with Crippen LogP contribution in [-0.4, -0.2) is 46.7 Å². The predicted octanol–water partition coefficient (Wildman–Crippen LogP) is 3.43. The SMILES string of the molecule is NC(=O)c1c(Nc2cnccn2)n[nH]c1-c1ccc(NS(=O)(=O)CC(F)F)c(OCc2ccc(F)cc2)c1. The van der Waals surface area contributed by atoms with Gasteiger partial charge in [-0.1, -0.05) is 18.2 Å². The number of carbonyl (C=O) groups is 1. The third-order valence-corrected chi connectivity index (χ3v) is 6.23. The minimum atomic E-state index is -4.42. The average molecular weight is 548 g/mol. The number of hydrogen-bond donors (Lipinski definition) is 4. The molecule has 5 N–H and O–H groups in total. The molecule has 2 aromatic heterocycles. The maximum absolute atomic E-state index is 13.2. The first-order valence-corrected chi connectivity index (χ1v) is 12.5. The number of nitrogens with two attached hydrogens (primary N) is 1. The molecule has 15 heteroatoms. The van der Waals surface area contributed by atoms with E-state index in [1.165, 1.54) is 61.1 Å². The van der Waals surface area contributed by atoms with Gasteiger partial charge in [0, 0.05) is 18.0 Å². The minimum absolute atomic E-state index is 0.0360. The largest absolute Gasteiger partial charge is 0.487 e. The molecule has 0 spiro atoms. The van der Waals surface area contributed by atoms with Gasteiger partial charge < -0.3 is 15.8 Å². The number of alkyl halides is 2. The summed E-state index contributed by atoms with van der Waals surface area (Å²) in [5.74, 6) is -2.42. The lowest BCUT2D eigenvalue weighted by Gasteiger charge is -2.15. The number of anilines is 3. The highest BCUT2D eigenvalue weighted by atomic mass is 32.2. The Morgan fingerprint density at radius 3 is 2.55 bits per heavy atom. The zero-order valence-electron chi connectivity index (χ0n) is 19.4. The molecule has 0 aliphatic rings. The number of hydrogen-bond acceptors (Lipinski definition) is 8. The van der Waals surface area contributed by atoms with E-state index < -0.39 is 33.9 Å². The number of H-pyrrole nitrogens is 1. The van der Waals surface area contributed by atoms with E-state index in [2.05, 4.69) is 30.2 Å². The molecule has 0 aliphatic heterocycles. The Hall–Kier alpha value is -4.66. The number of nitrogens with one attached hydrogen (secondary N) is 3. The van der Waals surface area contributed by atoms with Crippen LogP contribution in [0.25, 0.3) is 11.3 Å². The molecular formula is C23H20F3N7O4S. The summed E-state index contributed by atoms with van der Waals surface area (Å²) in [6.45, 7) is -0.113. The fraction of sp³-hybridized carbons (Fsp3) is 0.130. The summed E-state index contributed by atoms with van der Waals surface area (Å²) in [5, 5.41) is 9.60. The fourth-order valence-corrected chi connectivity index (χ4v) is 4.28. The van der Waals surface area contributed by atoms with E-state index in [0.29, 0.717) is 16.9 Å². The molecule has 2 heterocycles. The van der Waals surface area contributed by atoms with Crippen LogP contribution in [0.5, 0.6) is 5.75 Å². The lowest BCUT2D eigenvalue weighted by Crippen LogP contribution is -2.21. The van der Waals surface area contributed by atoms with Crippen LogP contribution in [0.3, 0.4) is 0 Å². The lowest BCUT2D eigenvalue weighted by atomic mass is 10.1. The van der Waals surface area contributed by atoms with E-state index in [-0.39, 0.29) is 35.1 Å². The van der Waals surface area contributed by atoms with Crippen molar-refractivity contribution in [1.29, 1.82) is 0 Å². The highest BCUT2D eigenvalue weighted by molar-refractivity contribution is 7.92. The second-order valence-corrected chi connectivity index (χ2v) is 9.57. The van der Waals surface area contributed by atoms with Crippen LogP contribution in [0.15, 0.2) is 61.1 Å². The van der Waals surface area contributed by atoms with Crippen molar-refractivity contribution in [2.45, 2.75) is 13.0 Å². The Morgan fingerprint density at radius 1 is 1.13 bits per heavy atom. The Bertz CT molecular complexity index is 1530. The van der Waals surface area contributed by atoms with Crippen molar-refractivity contribution in [3.63, 3.8) is 0 Å². The number of benzene rings is 2. The van der Waals surface area contributed by atoms with Crippen molar-refractivity contribution in [2.24, 2.45) is 5.73 Å². The van der Waals surface area contributed by atoms with Gasteiger partial charge in [0.1, 0.15) is 35.3 Å². The van der Waals surface area contributed by atoms with Crippen LogP contribution in [-0.2, 0) is 16.6 Å². The van der Waals surface area contributed by atoms with Gasteiger partial charge in [-0.05, 0) is 29.8 Å². The van der Waals surface area contributed by atoms with Gasteiger partial charge in [-0.15, -0.1) is 0 Å². The standard InChI is InChI=1S/C23H20F3N7O4S/c24-15-4-1-13(2-5-15)11-37-17-9-14(3-6-16(17)33-38(35,36)12-18(25)26)21-20(22(27)34)23(32-31-21)30-19-10-28-7-8-29-19/h1-10,18,33H,11-12H2,(H2,27,34)(H2,29,30,31,32). The van der Waals surface area contributed by atoms with Gasteiger partial charge in [0.05, 0.1) is 17.6 Å². The van der Waals surface area contributed by atoms with E-state index in [0.717, 1.165) is 0 Å². The highest BCUT2D eigenvalue weighted by Gasteiger charge is 2.23. The molecular weight excluding hydrogens is 527 g/mol. The quantitative estimate of drug-likeness (QED) is 0.222. The number of nitrogens with zero attached hydrogens (tertiary/aromatic N) is 3. The van der Waals surface area contributed by atoms with E-state index in [1.807, 2.05) is 0 Å². The van der Waals surface area contributed by atoms with Gasteiger partial charge in [-0.25, -0.2) is 26.6 Å². The number of ether oxygens (including phenoxy) is 1. The van der Waals surface area contributed by atoms with Crippen molar-refractivity contribution >= 4 is 33.3 Å². The number of carbonyl (C=O) groups excluding carboxylic acids is 1. The van der Waals surface area contributed by atoms with Crippen molar-refractivity contribution < 1.29 is 31.1 Å². The topological polar surface area (TPSA) is 165 Å². The molecule has 0 saturated carbocycles. The predicted molar refractivity (Wildman–Crippen MR) is 132 cm³/mol. The Balaban J connectivity index is 1.71. The zero-order valence-corrected chi connectivity index (χ0v) is 20.2. The fourth-order valence-electron chi connectivity index (χ4n) is 3.36. The second kappa shape index (κ2) is 11.2. The summed E-state index contributed by atoms with van der Waals surface area (Å²) in [6.07, 6.45) is 1.19. The van der Waals surface area contributed by atoms with E-state index in [1.54, 1.807) is 0 Å². The number of amides is 1. The van der Waals surface area contributed by atoms with E-state index in [9.17, 15) is 26.4 Å². The monoisotopic (exact) mass is 547 g/mol. The van der Waals surface area contributed by atoms with E-state index >= 15 is 0 Å². The van der Waals surface area contributed by atoms with Crippen LogP contribution in [0.2, 0.25) is 0 Å². The molecule has 0 atom stereocenters. The number of primary amides is 1. The minimum Gasteiger partial charge on any atom is -0.487 e. The van der Waals surface area contributed by atoms with Gasteiger partial charge >= 0.3 is 0 Å². The van der Waals surface area contributed by atoms with Gasteiger partial charge in [-0.2, -0.15) is 5.10 Å². The van der Waals surface area contributed by atoms with Gasteiger partial charge in [-0.3, -0.25) is 19.6 Å². The molecule has 0 unspecified atom stereocenters. The summed E-state index contributed by atoms with van der Waals surface area (Å²) < 4.78 is 70.9.